The Labute approximate surface area is 99.6 Å². The molecule has 2 rings (SSSR count). The number of carbonyl (C=O) groups excluding carboxylic acids is 1. The molecule has 17 heavy (non-hydrogen) atoms. The van der Waals surface area contributed by atoms with Gasteiger partial charge in [-0.1, -0.05) is 0 Å². The van der Waals surface area contributed by atoms with Crippen LogP contribution < -0.4 is 16.0 Å². The Kier molecular flexibility index (Phi) is 3.46. The number of hydrogen-bond donors (Lipinski definition) is 2. The van der Waals surface area contributed by atoms with Gasteiger partial charge in [-0.05, 0) is 37.1 Å². The maximum atomic E-state index is 12.8. The van der Waals surface area contributed by atoms with Crippen molar-refractivity contribution in [3.63, 3.8) is 0 Å². The van der Waals surface area contributed by atoms with Crippen LogP contribution in [0.3, 0.4) is 0 Å². The largest absolute Gasteiger partial charge is 0.371 e. The number of nitrogens with zero attached hydrogens (tertiary/aromatic N) is 1. The highest BCUT2D eigenvalue weighted by Crippen LogP contribution is 2.20. The van der Waals surface area contributed by atoms with E-state index in [1.807, 2.05) is 0 Å². The van der Waals surface area contributed by atoms with Gasteiger partial charge in [0, 0.05) is 24.8 Å². The normalized spacial score (nSPS) is 16.9. The average molecular weight is 237 g/mol. The molecule has 5 heteroatoms. The van der Waals surface area contributed by atoms with Gasteiger partial charge < -0.3 is 16.0 Å². The van der Waals surface area contributed by atoms with Crippen LogP contribution in [0.1, 0.15) is 12.8 Å². The van der Waals surface area contributed by atoms with Gasteiger partial charge in [0.05, 0.1) is 0 Å². The second-order valence-electron chi connectivity index (χ2n) is 4.25. The molecule has 0 atom stereocenters. The number of rotatable bonds is 2. The number of piperidine rings is 1. The van der Waals surface area contributed by atoms with Crippen molar-refractivity contribution in [2.45, 2.75) is 18.9 Å². The number of nitrogens with one attached hydrogen (secondary N) is 1. The third kappa shape index (κ3) is 3.09. The number of benzene rings is 1. The molecular formula is C12H16FN3O. The van der Waals surface area contributed by atoms with Crippen molar-refractivity contribution in [2.75, 3.05) is 18.0 Å². The monoisotopic (exact) mass is 237 g/mol. The molecule has 0 aromatic heterocycles. The Hall–Kier alpha value is -1.78. The molecule has 1 saturated heterocycles. The van der Waals surface area contributed by atoms with Gasteiger partial charge in [0.1, 0.15) is 5.82 Å². The Balaban J connectivity index is 1.90. The third-order valence-corrected chi connectivity index (χ3v) is 3.03. The van der Waals surface area contributed by atoms with Crippen LogP contribution in [0.4, 0.5) is 14.9 Å². The Bertz CT molecular complexity index is 385. The minimum Gasteiger partial charge on any atom is -0.371 e. The Morgan fingerprint density at radius 1 is 1.29 bits per heavy atom. The van der Waals surface area contributed by atoms with E-state index >= 15 is 0 Å². The molecule has 0 spiro atoms. The highest BCUT2D eigenvalue weighted by Gasteiger charge is 2.19. The molecule has 2 amide bonds. The maximum absolute atomic E-state index is 12.8. The SMILES string of the molecule is NC(=O)NC1CCN(c2ccc(F)cc2)CC1. The van der Waals surface area contributed by atoms with E-state index in [0.717, 1.165) is 31.6 Å². The van der Waals surface area contributed by atoms with Crippen LogP contribution in [0, 0.1) is 5.82 Å². The topological polar surface area (TPSA) is 58.4 Å². The van der Waals surface area contributed by atoms with Crippen molar-refractivity contribution in [1.82, 2.24) is 5.32 Å². The van der Waals surface area contributed by atoms with Gasteiger partial charge in [0.15, 0.2) is 0 Å². The van der Waals surface area contributed by atoms with Crippen LogP contribution in [-0.2, 0) is 0 Å². The highest BCUT2D eigenvalue weighted by atomic mass is 19.1. The average Bonchev–Trinajstić information content (AvgIpc) is 2.30. The van der Waals surface area contributed by atoms with Crippen LogP contribution in [0.15, 0.2) is 24.3 Å². The lowest BCUT2D eigenvalue weighted by Crippen LogP contribution is -2.46. The molecule has 1 fully saturated rings. The van der Waals surface area contributed by atoms with E-state index in [1.165, 1.54) is 12.1 Å². The molecule has 0 bridgehead atoms. The van der Waals surface area contributed by atoms with Gasteiger partial charge in [-0.2, -0.15) is 0 Å². The summed E-state index contributed by atoms with van der Waals surface area (Å²) in [6.45, 7) is 1.69. The molecular weight excluding hydrogens is 221 g/mol. The summed E-state index contributed by atoms with van der Waals surface area (Å²) in [6, 6.07) is 6.16. The van der Waals surface area contributed by atoms with E-state index in [0.29, 0.717) is 0 Å². The van der Waals surface area contributed by atoms with Crippen molar-refractivity contribution in [2.24, 2.45) is 5.73 Å². The van der Waals surface area contributed by atoms with Gasteiger partial charge in [-0.25, -0.2) is 9.18 Å². The van der Waals surface area contributed by atoms with Crippen molar-refractivity contribution in [3.05, 3.63) is 30.1 Å². The van der Waals surface area contributed by atoms with Gasteiger partial charge in [-0.3, -0.25) is 0 Å². The second-order valence-corrected chi connectivity index (χ2v) is 4.25. The number of anilines is 1. The van der Waals surface area contributed by atoms with Crippen LogP contribution in [0.25, 0.3) is 0 Å². The number of amides is 2. The van der Waals surface area contributed by atoms with E-state index < -0.39 is 6.03 Å². The molecule has 0 saturated carbocycles. The lowest BCUT2D eigenvalue weighted by atomic mass is 10.0. The summed E-state index contributed by atoms with van der Waals surface area (Å²) in [7, 11) is 0. The minimum absolute atomic E-state index is 0.157. The summed E-state index contributed by atoms with van der Waals surface area (Å²) < 4.78 is 12.8. The molecule has 92 valence electrons. The van der Waals surface area contributed by atoms with Crippen molar-refractivity contribution in [1.29, 1.82) is 0 Å². The number of primary amides is 1. The van der Waals surface area contributed by atoms with E-state index in [1.54, 1.807) is 12.1 Å². The molecule has 1 aromatic rings. The molecule has 1 aromatic carbocycles. The molecule has 0 radical (unpaired) electrons. The fraction of sp³-hybridized carbons (Fsp3) is 0.417. The second kappa shape index (κ2) is 5.03. The van der Waals surface area contributed by atoms with Crippen molar-refractivity contribution >= 4 is 11.7 Å². The first kappa shape index (κ1) is 11.7. The van der Waals surface area contributed by atoms with Crippen LogP contribution in [0.2, 0.25) is 0 Å². The van der Waals surface area contributed by atoms with Gasteiger partial charge in [0.2, 0.25) is 0 Å². The van der Waals surface area contributed by atoms with E-state index in [4.69, 9.17) is 5.73 Å². The van der Waals surface area contributed by atoms with Crippen LogP contribution in [0.5, 0.6) is 0 Å². The number of halogens is 1. The summed E-state index contributed by atoms with van der Waals surface area (Å²) in [4.78, 5) is 12.9. The molecule has 0 unspecified atom stereocenters. The predicted molar refractivity (Wildman–Crippen MR) is 64.4 cm³/mol. The first-order chi connectivity index (χ1) is 8.15. The van der Waals surface area contributed by atoms with Crippen molar-refractivity contribution < 1.29 is 9.18 Å². The quantitative estimate of drug-likeness (QED) is 0.818. The number of urea groups is 1. The lowest BCUT2D eigenvalue weighted by molar-refractivity contribution is 0.242. The molecule has 0 aliphatic carbocycles. The first-order valence-corrected chi connectivity index (χ1v) is 5.71. The number of nitrogens with two attached hydrogens (primary N) is 1. The third-order valence-electron chi connectivity index (χ3n) is 3.03. The molecule has 3 N–H and O–H groups in total. The van der Waals surface area contributed by atoms with Crippen molar-refractivity contribution in [3.8, 4) is 0 Å². The van der Waals surface area contributed by atoms with E-state index in [2.05, 4.69) is 10.2 Å². The first-order valence-electron chi connectivity index (χ1n) is 5.71. The molecule has 1 aliphatic rings. The van der Waals surface area contributed by atoms with E-state index in [9.17, 15) is 9.18 Å². The Morgan fingerprint density at radius 2 is 1.88 bits per heavy atom. The van der Waals surface area contributed by atoms with Crippen LogP contribution >= 0.6 is 0 Å². The maximum Gasteiger partial charge on any atom is 0.312 e. The number of hydrogen-bond acceptors (Lipinski definition) is 2. The minimum atomic E-state index is -0.467. The zero-order valence-electron chi connectivity index (χ0n) is 9.53. The standard InChI is InChI=1S/C12H16FN3O/c13-9-1-3-11(4-2-9)16-7-5-10(6-8-16)15-12(14)17/h1-4,10H,5-8H2,(H3,14,15,17). The summed E-state index contributed by atoms with van der Waals surface area (Å²) in [5, 5.41) is 2.72. The summed E-state index contributed by atoms with van der Waals surface area (Å²) in [5.74, 6) is -0.223. The van der Waals surface area contributed by atoms with E-state index in [-0.39, 0.29) is 11.9 Å². The molecule has 1 aliphatic heterocycles. The fourth-order valence-electron chi connectivity index (χ4n) is 2.14. The molecule has 1 heterocycles. The smallest absolute Gasteiger partial charge is 0.312 e. The van der Waals surface area contributed by atoms with Gasteiger partial charge >= 0.3 is 6.03 Å². The number of carbonyl (C=O) groups is 1. The summed E-state index contributed by atoms with van der Waals surface area (Å²) in [6.07, 6.45) is 1.72. The summed E-state index contributed by atoms with van der Waals surface area (Å²) in [5.41, 5.74) is 6.10. The highest BCUT2D eigenvalue weighted by molar-refractivity contribution is 5.72. The lowest BCUT2D eigenvalue weighted by Gasteiger charge is -2.33. The zero-order valence-corrected chi connectivity index (χ0v) is 9.53. The van der Waals surface area contributed by atoms with Gasteiger partial charge in [-0.15, -0.1) is 0 Å². The zero-order chi connectivity index (χ0) is 12.3. The predicted octanol–water partition coefficient (Wildman–Crippen LogP) is 1.46. The molecule has 4 nitrogen and oxygen atoms in total. The summed E-state index contributed by atoms with van der Waals surface area (Å²) >= 11 is 0. The van der Waals surface area contributed by atoms with Gasteiger partial charge in [0.25, 0.3) is 0 Å². The fourth-order valence-corrected chi connectivity index (χ4v) is 2.14. The Morgan fingerprint density at radius 3 is 2.41 bits per heavy atom. The van der Waals surface area contributed by atoms with Crippen LogP contribution in [-0.4, -0.2) is 25.2 Å².